The maximum Gasteiger partial charge on any atom is 0.0492 e. The summed E-state index contributed by atoms with van der Waals surface area (Å²) in [6.07, 6.45) is 8.60. The zero-order valence-corrected chi connectivity index (χ0v) is 7.84. The van der Waals surface area contributed by atoms with Gasteiger partial charge in [-0.2, -0.15) is 0 Å². The molecule has 1 atom stereocenters. The van der Waals surface area contributed by atoms with Crippen LogP contribution in [0.4, 0.5) is 0 Å². The summed E-state index contributed by atoms with van der Waals surface area (Å²) in [4.78, 5) is 2.51. The molecule has 12 heavy (non-hydrogen) atoms. The Labute approximate surface area is 74.6 Å². The largest absolute Gasteiger partial charge is 0.371 e. The number of nitrogens with zero attached hydrogens (tertiary/aromatic N) is 1. The summed E-state index contributed by atoms with van der Waals surface area (Å²) in [5, 5.41) is 3.46. The minimum atomic E-state index is 0.394. The average molecular weight is 166 g/mol. The summed E-state index contributed by atoms with van der Waals surface area (Å²) in [5.41, 5.74) is 0.394. The van der Waals surface area contributed by atoms with Crippen molar-refractivity contribution in [2.45, 2.75) is 31.7 Å². The molecule has 0 aromatic carbocycles. The van der Waals surface area contributed by atoms with Crippen LogP contribution < -0.4 is 5.32 Å². The number of piperidine rings is 1. The summed E-state index contributed by atoms with van der Waals surface area (Å²) in [6, 6.07) is 0. The van der Waals surface area contributed by atoms with E-state index < -0.39 is 0 Å². The van der Waals surface area contributed by atoms with Crippen molar-refractivity contribution in [2.75, 3.05) is 19.6 Å². The number of hydrogen-bond acceptors (Lipinski definition) is 2. The Morgan fingerprint density at radius 3 is 3.25 bits per heavy atom. The van der Waals surface area contributed by atoms with Crippen LogP contribution in [-0.2, 0) is 0 Å². The van der Waals surface area contributed by atoms with Crippen molar-refractivity contribution < 1.29 is 0 Å². The molecule has 1 unspecified atom stereocenters. The van der Waals surface area contributed by atoms with Gasteiger partial charge in [-0.15, -0.1) is 0 Å². The second-order valence-electron chi connectivity index (χ2n) is 4.16. The topological polar surface area (TPSA) is 15.3 Å². The Balaban J connectivity index is 2.15. The fourth-order valence-corrected chi connectivity index (χ4v) is 2.25. The monoisotopic (exact) mass is 166 g/mol. The van der Waals surface area contributed by atoms with E-state index in [1.807, 2.05) is 0 Å². The third-order valence-electron chi connectivity index (χ3n) is 3.11. The molecular weight excluding hydrogens is 148 g/mol. The van der Waals surface area contributed by atoms with E-state index in [9.17, 15) is 0 Å². The van der Waals surface area contributed by atoms with Crippen molar-refractivity contribution in [2.24, 2.45) is 0 Å². The van der Waals surface area contributed by atoms with E-state index in [1.165, 1.54) is 25.8 Å². The van der Waals surface area contributed by atoms with Crippen LogP contribution in [-0.4, -0.2) is 30.1 Å². The molecule has 0 aromatic heterocycles. The second-order valence-corrected chi connectivity index (χ2v) is 4.16. The predicted octanol–water partition coefficient (Wildman–Crippen LogP) is 1.35. The molecule has 2 aliphatic heterocycles. The molecule has 0 amide bonds. The molecular formula is C10H18N2. The lowest BCUT2D eigenvalue weighted by Crippen LogP contribution is -2.51. The zero-order chi connectivity index (χ0) is 8.44. The van der Waals surface area contributed by atoms with Crippen LogP contribution in [0.25, 0.3) is 0 Å². The van der Waals surface area contributed by atoms with E-state index in [0.29, 0.717) is 5.54 Å². The van der Waals surface area contributed by atoms with Gasteiger partial charge in [-0.05, 0) is 32.4 Å². The van der Waals surface area contributed by atoms with Crippen LogP contribution in [0.3, 0.4) is 0 Å². The second kappa shape index (κ2) is 3.09. The van der Waals surface area contributed by atoms with Gasteiger partial charge in [-0.1, -0.05) is 6.08 Å². The molecule has 2 rings (SSSR count). The van der Waals surface area contributed by atoms with Crippen molar-refractivity contribution in [1.82, 2.24) is 10.2 Å². The summed E-state index contributed by atoms with van der Waals surface area (Å²) in [5.74, 6) is 0. The van der Waals surface area contributed by atoms with Crippen LogP contribution >= 0.6 is 0 Å². The quantitative estimate of drug-likeness (QED) is 0.584. The third kappa shape index (κ3) is 1.36. The van der Waals surface area contributed by atoms with Crippen LogP contribution in [0.15, 0.2) is 12.3 Å². The summed E-state index contributed by atoms with van der Waals surface area (Å²) < 4.78 is 0. The Morgan fingerprint density at radius 2 is 2.33 bits per heavy atom. The standard InChI is InChI=1S/C10H18N2/c1-10-5-2-3-7-12(10)8-4-6-11-9-10/h4,8,11H,2-3,5-7,9H2,1H3. The number of fused-ring (bicyclic) bond motifs is 1. The van der Waals surface area contributed by atoms with Crippen molar-refractivity contribution in [3.05, 3.63) is 12.3 Å². The molecule has 0 spiro atoms. The van der Waals surface area contributed by atoms with Gasteiger partial charge in [0.1, 0.15) is 0 Å². The first kappa shape index (κ1) is 8.11. The van der Waals surface area contributed by atoms with E-state index in [4.69, 9.17) is 0 Å². The summed E-state index contributed by atoms with van der Waals surface area (Å²) in [6.45, 7) is 5.79. The molecule has 0 aliphatic carbocycles. The van der Waals surface area contributed by atoms with Gasteiger partial charge in [-0.3, -0.25) is 0 Å². The van der Waals surface area contributed by atoms with Crippen LogP contribution in [0.5, 0.6) is 0 Å². The first-order valence-electron chi connectivity index (χ1n) is 4.95. The molecule has 68 valence electrons. The fraction of sp³-hybridized carbons (Fsp3) is 0.800. The van der Waals surface area contributed by atoms with Crippen molar-refractivity contribution in [1.29, 1.82) is 0 Å². The molecule has 1 N–H and O–H groups in total. The maximum atomic E-state index is 3.46. The van der Waals surface area contributed by atoms with Crippen molar-refractivity contribution >= 4 is 0 Å². The highest BCUT2D eigenvalue weighted by atomic mass is 15.2. The molecule has 2 heteroatoms. The van der Waals surface area contributed by atoms with Gasteiger partial charge in [0.15, 0.2) is 0 Å². The highest BCUT2D eigenvalue weighted by molar-refractivity contribution is 5.01. The van der Waals surface area contributed by atoms with Gasteiger partial charge < -0.3 is 10.2 Å². The molecule has 0 bridgehead atoms. The highest BCUT2D eigenvalue weighted by Gasteiger charge is 2.32. The van der Waals surface area contributed by atoms with E-state index >= 15 is 0 Å². The Bertz CT molecular complexity index is 188. The molecule has 2 nitrogen and oxygen atoms in total. The number of nitrogens with one attached hydrogen (secondary N) is 1. The molecule has 2 aliphatic rings. The number of rotatable bonds is 0. The van der Waals surface area contributed by atoms with Gasteiger partial charge in [0, 0.05) is 25.2 Å². The van der Waals surface area contributed by atoms with Crippen molar-refractivity contribution in [3.8, 4) is 0 Å². The van der Waals surface area contributed by atoms with E-state index in [1.54, 1.807) is 0 Å². The lowest BCUT2D eigenvalue weighted by Gasteiger charge is -2.43. The van der Waals surface area contributed by atoms with Gasteiger partial charge in [-0.25, -0.2) is 0 Å². The minimum Gasteiger partial charge on any atom is -0.371 e. The normalized spacial score (nSPS) is 35.9. The van der Waals surface area contributed by atoms with Crippen LogP contribution in [0, 0.1) is 0 Å². The fourth-order valence-electron chi connectivity index (χ4n) is 2.25. The first-order chi connectivity index (χ1) is 5.81. The van der Waals surface area contributed by atoms with Gasteiger partial charge >= 0.3 is 0 Å². The van der Waals surface area contributed by atoms with Crippen LogP contribution in [0.1, 0.15) is 26.2 Å². The molecule has 1 saturated heterocycles. The van der Waals surface area contributed by atoms with Gasteiger partial charge in [0.2, 0.25) is 0 Å². The molecule has 0 radical (unpaired) electrons. The lowest BCUT2D eigenvalue weighted by molar-refractivity contribution is 0.117. The average Bonchev–Trinajstić information content (AvgIpc) is 2.25. The van der Waals surface area contributed by atoms with Crippen LogP contribution in [0.2, 0.25) is 0 Å². The lowest BCUT2D eigenvalue weighted by atomic mass is 9.89. The highest BCUT2D eigenvalue weighted by Crippen LogP contribution is 2.28. The van der Waals surface area contributed by atoms with E-state index in [-0.39, 0.29) is 0 Å². The minimum absolute atomic E-state index is 0.394. The first-order valence-corrected chi connectivity index (χ1v) is 4.95. The third-order valence-corrected chi connectivity index (χ3v) is 3.11. The molecule has 2 heterocycles. The molecule has 0 aromatic rings. The zero-order valence-electron chi connectivity index (χ0n) is 7.84. The SMILES string of the molecule is CC12CCCCN1C=CCNC2. The van der Waals surface area contributed by atoms with Gasteiger partial charge in [0.25, 0.3) is 0 Å². The smallest absolute Gasteiger partial charge is 0.0492 e. The van der Waals surface area contributed by atoms with Gasteiger partial charge in [0.05, 0.1) is 0 Å². The Kier molecular flexibility index (Phi) is 2.09. The van der Waals surface area contributed by atoms with Crippen molar-refractivity contribution in [3.63, 3.8) is 0 Å². The summed E-state index contributed by atoms with van der Waals surface area (Å²) in [7, 11) is 0. The molecule has 1 fully saturated rings. The molecule has 0 saturated carbocycles. The number of hydrogen-bond donors (Lipinski definition) is 1. The Hall–Kier alpha value is -0.500. The van der Waals surface area contributed by atoms with E-state index in [0.717, 1.165) is 13.1 Å². The Morgan fingerprint density at radius 1 is 1.42 bits per heavy atom. The maximum absolute atomic E-state index is 3.46. The predicted molar refractivity (Wildman–Crippen MR) is 51.0 cm³/mol. The van der Waals surface area contributed by atoms with E-state index in [2.05, 4.69) is 29.4 Å². The summed E-state index contributed by atoms with van der Waals surface area (Å²) >= 11 is 0.